The van der Waals surface area contributed by atoms with Crippen LogP contribution >= 0.6 is 0 Å². The number of aromatic hydroxyl groups is 1. The molecule has 2 rings (SSSR count). The maximum absolute atomic E-state index is 13.2. The van der Waals surface area contributed by atoms with Gasteiger partial charge in [-0.05, 0) is 55.0 Å². The van der Waals surface area contributed by atoms with Crippen molar-refractivity contribution in [1.82, 2.24) is 0 Å². The average Bonchev–Trinajstić information content (AvgIpc) is 2.74. The molecule has 0 atom stereocenters. The lowest BCUT2D eigenvalue weighted by Crippen LogP contribution is -2.40. The largest absolute Gasteiger partial charge is 0.507 e. The number of phenolic OH excluding ortho intramolecular Hbond substituents is 1. The fraction of sp³-hybridized carbons (Fsp3) is 0.440. The van der Waals surface area contributed by atoms with Crippen LogP contribution in [-0.4, -0.2) is 37.6 Å². The Hall–Kier alpha value is -3.07. The van der Waals surface area contributed by atoms with Gasteiger partial charge in [-0.3, -0.25) is 13.9 Å². The SMILES string of the molecule is CCCCS(=O)(=O)N(CC(=O)Nc1cc(C(N)=O)ccc1C(C)(C)C)c1ccc(C)c(O)c1C. The normalized spacial score (nSPS) is 11.8. The van der Waals surface area contributed by atoms with Gasteiger partial charge in [-0.1, -0.05) is 46.2 Å². The third kappa shape index (κ3) is 6.28. The number of hydrogen-bond donors (Lipinski definition) is 3. The third-order valence-corrected chi connectivity index (χ3v) is 7.44. The van der Waals surface area contributed by atoms with Gasteiger partial charge in [0.25, 0.3) is 0 Å². The molecule has 0 heterocycles. The number of carbonyl (C=O) groups excluding carboxylic acids is 2. The summed E-state index contributed by atoms with van der Waals surface area (Å²) in [6.07, 6.45) is 1.11. The molecule has 0 aromatic heterocycles. The second-order valence-electron chi connectivity index (χ2n) is 9.47. The molecule has 0 fully saturated rings. The van der Waals surface area contributed by atoms with Gasteiger partial charge >= 0.3 is 0 Å². The molecule has 8 nitrogen and oxygen atoms in total. The van der Waals surface area contributed by atoms with E-state index in [1.165, 1.54) is 6.07 Å². The second kappa shape index (κ2) is 10.5. The number of phenols is 1. The Balaban J connectivity index is 2.49. The number of amides is 2. The van der Waals surface area contributed by atoms with Crippen molar-refractivity contribution in [3.63, 3.8) is 0 Å². The number of nitrogens with one attached hydrogen (secondary N) is 1. The molecular formula is C25H35N3O5S. The van der Waals surface area contributed by atoms with Crippen LogP contribution in [0.4, 0.5) is 11.4 Å². The molecule has 2 aromatic carbocycles. The molecule has 0 aliphatic rings. The van der Waals surface area contributed by atoms with Gasteiger partial charge in [0.15, 0.2) is 0 Å². The molecule has 0 saturated heterocycles. The van der Waals surface area contributed by atoms with Crippen LogP contribution in [0.2, 0.25) is 0 Å². The number of primary amides is 1. The van der Waals surface area contributed by atoms with E-state index in [0.717, 1.165) is 9.87 Å². The third-order valence-electron chi connectivity index (χ3n) is 5.64. The number of aryl methyl sites for hydroxylation is 1. The fourth-order valence-electron chi connectivity index (χ4n) is 3.64. The summed E-state index contributed by atoms with van der Waals surface area (Å²) in [6.45, 7) is 10.6. The quantitative estimate of drug-likeness (QED) is 0.490. The van der Waals surface area contributed by atoms with Gasteiger partial charge in [0.1, 0.15) is 12.3 Å². The zero-order valence-corrected chi connectivity index (χ0v) is 21.5. The van der Waals surface area contributed by atoms with Crippen molar-refractivity contribution in [2.24, 2.45) is 5.73 Å². The molecule has 0 unspecified atom stereocenters. The van der Waals surface area contributed by atoms with Crippen molar-refractivity contribution in [3.05, 3.63) is 52.6 Å². The van der Waals surface area contributed by atoms with Gasteiger partial charge in [-0.2, -0.15) is 0 Å². The van der Waals surface area contributed by atoms with Crippen molar-refractivity contribution >= 4 is 33.2 Å². The van der Waals surface area contributed by atoms with E-state index in [0.29, 0.717) is 29.7 Å². The number of benzene rings is 2. The molecule has 34 heavy (non-hydrogen) atoms. The Bertz CT molecular complexity index is 1180. The number of anilines is 2. The summed E-state index contributed by atoms with van der Waals surface area (Å²) in [5, 5.41) is 13.2. The van der Waals surface area contributed by atoms with Crippen molar-refractivity contribution in [1.29, 1.82) is 0 Å². The van der Waals surface area contributed by atoms with E-state index < -0.39 is 28.4 Å². The molecule has 186 valence electrons. The highest BCUT2D eigenvalue weighted by Gasteiger charge is 2.28. The Morgan fingerprint density at radius 2 is 1.76 bits per heavy atom. The zero-order chi connectivity index (χ0) is 25.8. The van der Waals surface area contributed by atoms with Crippen LogP contribution in [0, 0.1) is 13.8 Å². The first kappa shape index (κ1) is 27.2. The summed E-state index contributed by atoms with van der Waals surface area (Å²) in [7, 11) is -3.85. The summed E-state index contributed by atoms with van der Waals surface area (Å²) in [5.74, 6) is -1.36. The maximum atomic E-state index is 13.2. The highest BCUT2D eigenvalue weighted by Crippen LogP contribution is 2.33. The predicted octanol–water partition coefficient (Wildman–Crippen LogP) is 3.98. The molecule has 2 aromatic rings. The van der Waals surface area contributed by atoms with Crippen molar-refractivity contribution < 1.29 is 23.1 Å². The van der Waals surface area contributed by atoms with E-state index >= 15 is 0 Å². The zero-order valence-electron chi connectivity index (χ0n) is 20.7. The van der Waals surface area contributed by atoms with E-state index in [9.17, 15) is 23.1 Å². The molecule has 0 radical (unpaired) electrons. The molecule has 0 bridgehead atoms. The van der Waals surface area contributed by atoms with Gasteiger partial charge in [0.05, 0.1) is 11.4 Å². The van der Waals surface area contributed by atoms with E-state index in [-0.39, 0.29) is 28.2 Å². The lowest BCUT2D eigenvalue weighted by atomic mass is 9.85. The number of sulfonamides is 1. The summed E-state index contributed by atoms with van der Waals surface area (Å²) >= 11 is 0. The van der Waals surface area contributed by atoms with Gasteiger partial charge < -0.3 is 16.2 Å². The van der Waals surface area contributed by atoms with Crippen LogP contribution in [0.5, 0.6) is 5.75 Å². The highest BCUT2D eigenvalue weighted by molar-refractivity contribution is 7.92. The van der Waals surface area contributed by atoms with Crippen LogP contribution in [0.15, 0.2) is 30.3 Å². The first-order valence-corrected chi connectivity index (χ1v) is 12.8. The lowest BCUT2D eigenvalue weighted by Gasteiger charge is -2.27. The predicted molar refractivity (Wildman–Crippen MR) is 136 cm³/mol. The number of nitrogens with two attached hydrogens (primary N) is 1. The van der Waals surface area contributed by atoms with Crippen molar-refractivity contribution in [3.8, 4) is 5.75 Å². The molecule has 9 heteroatoms. The minimum absolute atomic E-state index is 0.0159. The Morgan fingerprint density at radius 1 is 1.12 bits per heavy atom. The molecular weight excluding hydrogens is 454 g/mol. The molecule has 0 spiro atoms. The van der Waals surface area contributed by atoms with Crippen LogP contribution in [-0.2, 0) is 20.2 Å². The number of rotatable bonds is 9. The summed E-state index contributed by atoms with van der Waals surface area (Å²) in [4.78, 5) is 24.8. The molecule has 2 amide bonds. The Morgan fingerprint density at radius 3 is 2.32 bits per heavy atom. The Labute approximate surface area is 202 Å². The maximum Gasteiger partial charge on any atom is 0.248 e. The summed E-state index contributed by atoms with van der Waals surface area (Å²) in [5.41, 5.74) is 7.68. The molecule has 0 aliphatic carbocycles. The van der Waals surface area contributed by atoms with E-state index in [1.54, 1.807) is 38.1 Å². The van der Waals surface area contributed by atoms with Crippen LogP contribution in [0.25, 0.3) is 0 Å². The number of unbranched alkanes of at least 4 members (excludes halogenated alkanes) is 1. The first-order chi connectivity index (χ1) is 15.7. The number of nitrogens with zero attached hydrogens (tertiary/aromatic N) is 1. The molecule has 4 N–H and O–H groups in total. The fourth-order valence-corrected chi connectivity index (χ4v) is 5.33. The lowest BCUT2D eigenvalue weighted by molar-refractivity contribution is -0.114. The molecule has 0 saturated carbocycles. The topological polar surface area (TPSA) is 130 Å². The van der Waals surface area contributed by atoms with Crippen LogP contribution in [0.1, 0.15) is 67.6 Å². The van der Waals surface area contributed by atoms with Gasteiger partial charge in [0, 0.05) is 16.8 Å². The second-order valence-corrected chi connectivity index (χ2v) is 11.5. The van der Waals surface area contributed by atoms with Gasteiger partial charge in [-0.15, -0.1) is 0 Å². The monoisotopic (exact) mass is 489 g/mol. The summed E-state index contributed by atoms with van der Waals surface area (Å²) in [6, 6.07) is 8.03. The Kier molecular flexibility index (Phi) is 8.36. The number of carbonyl (C=O) groups is 2. The molecule has 0 aliphatic heterocycles. The van der Waals surface area contributed by atoms with Crippen LogP contribution in [0.3, 0.4) is 0 Å². The summed E-state index contributed by atoms with van der Waals surface area (Å²) < 4.78 is 27.4. The van der Waals surface area contributed by atoms with Gasteiger partial charge in [0.2, 0.25) is 21.8 Å². The minimum atomic E-state index is -3.85. The smallest absolute Gasteiger partial charge is 0.248 e. The first-order valence-electron chi connectivity index (χ1n) is 11.2. The van der Waals surface area contributed by atoms with Crippen LogP contribution < -0.4 is 15.4 Å². The highest BCUT2D eigenvalue weighted by atomic mass is 32.2. The van der Waals surface area contributed by atoms with Crippen molar-refractivity contribution in [2.45, 2.75) is 59.8 Å². The minimum Gasteiger partial charge on any atom is -0.507 e. The van der Waals surface area contributed by atoms with E-state index in [1.807, 2.05) is 27.7 Å². The van der Waals surface area contributed by atoms with E-state index in [2.05, 4.69) is 5.32 Å². The number of hydrogen-bond acceptors (Lipinski definition) is 5. The standard InChI is InChI=1S/C25H35N3O5S/c1-7-8-13-34(32,33)28(21-12-9-16(2)23(30)17(21)3)15-22(29)27-20-14-18(24(26)31)10-11-19(20)25(4,5)6/h9-12,14,30H,7-8,13,15H2,1-6H3,(H2,26,31)(H,27,29). The van der Waals surface area contributed by atoms with Gasteiger partial charge in [-0.25, -0.2) is 8.42 Å². The van der Waals surface area contributed by atoms with Crippen molar-refractivity contribution in [2.75, 3.05) is 21.9 Å². The van der Waals surface area contributed by atoms with E-state index in [4.69, 9.17) is 5.73 Å². The average molecular weight is 490 g/mol.